The van der Waals surface area contributed by atoms with Crippen molar-refractivity contribution in [2.75, 3.05) is 29.5 Å². The zero-order chi connectivity index (χ0) is 20.6. The second-order valence-corrected chi connectivity index (χ2v) is 6.50. The van der Waals surface area contributed by atoms with Crippen LogP contribution < -0.4 is 15.4 Å². The molecule has 0 aliphatic rings. The Kier molecular flexibility index (Phi) is 7.58. The Bertz CT molecular complexity index is 866. The molecular formula is C19H18F3N3O2S. The molecule has 0 fully saturated rings. The first-order valence-electron chi connectivity index (χ1n) is 8.31. The van der Waals surface area contributed by atoms with Gasteiger partial charge in [0, 0.05) is 4.90 Å². The third-order valence-corrected chi connectivity index (χ3v) is 4.44. The fourth-order valence-electron chi connectivity index (χ4n) is 2.30. The minimum Gasteiger partial charge on any atom is -0.492 e. The Morgan fingerprint density at radius 2 is 1.96 bits per heavy atom. The van der Waals surface area contributed by atoms with Gasteiger partial charge in [-0.2, -0.15) is 18.4 Å². The largest absolute Gasteiger partial charge is 0.492 e. The topological polar surface area (TPSA) is 74.2 Å². The normalized spacial score (nSPS) is 10.8. The maximum atomic E-state index is 12.9. The van der Waals surface area contributed by atoms with Gasteiger partial charge in [-0.05, 0) is 37.3 Å². The van der Waals surface area contributed by atoms with E-state index < -0.39 is 17.6 Å². The highest BCUT2D eigenvalue weighted by molar-refractivity contribution is 7.99. The molecule has 0 spiro atoms. The Hall–Kier alpha value is -2.86. The quantitative estimate of drug-likeness (QED) is 0.615. The number of anilines is 2. The number of carbonyl (C=O) groups excluding carboxylic acids is 1. The van der Waals surface area contributed by atoms with Gasteiger partial charge in [0.15, 0.2) is 0 Å². The van der Waals surface area contributed by atoms with Crippen molar-refractivity contribution in [1.82, 2.24) is 0 Å². The molecule has 0 heterocycles. The number of hydrogen-bond donors (Lipinski definition) is 2. The summed E-state index contributed by atoms with van der Waals surface area (Å²) in [6.07, 6.45) is -4.50. The summed E-state index contributed by atoms with van der Waals surface area (Å²) in [6.45, 7) is 1.73. The molecule has 2 N–H and O–H groups in total. The Labute approximate surface area is 164 Å². The molecule has 0 saturated heterocycles. The fourth-order valence-corrected chi connectivity index (χ4v) is 2.97. The van der Waals surface area contributed by atoms with Crippen LogP contribution in [-0.2, 0) is 11.0 Å². The number of amides is 1. The second-order valence-electron chi connectivity index (χ2n) is 5.49. The van der Waals surface area contributed by atoms with Crippen LogP contribution in [-0.4, -0.2) is 24.8 Å². The lowest BCUT2D eigenvalue weighted by molar-refractivity contribution is -0.137. The number of ether oxygens (including phenoxy) is 1. The van der Waals surface area contributed by atoms with Gasteiger partial charge in [-0.1, -0.05) is 12.1 Å². The van der Waals surface area contributed by atoms with Gasteiger partial charge in [0.25, 0.3) is 0 Å². The van der Waals surface area contributed by atoms with Gasteiger partial charge in [0.1, 0.15) is 5.75 Å². The third-order valence-electron chi connectivity index (χ3n) is 3.50. The molecule has 0 bridgehead atoms. The number of nitrogens with one attached hydrogen (secondary N) is 2. The van der Waals surface area contributed by atoms with Crippen LogP contribution in [0, 0.1) is 11.3 Å². The maximum absolute atomic E-state index is 12.9. The fraction of sp³-hybridized carbons (Fsp3) is 0.263. The van der Waals surface area contributed by atoms with E-state index in [9.17, 15) is 18.0 Å². The third kappa shape index (κ3) is 6.09. The van der Waals surface area contributed by atoms with E-state index in [1.165, 1.54) is 17.8 Å². The summed E-state index contributed by atoms with van der Waals surface area (Å²) in [5.41, 5.74) is -0.223. The van der Waals surface area contributed by atoms with Gasteiger partial charge >= 0.3 is 6.18 Å². The van der Waals surface area contributed by atoms with Crippen molar-refractivity contribution in [2.45, 2.75) is 18.0 Å². The summed E-state index contributed by atoms with van der Waals surface area (Å²) in [4.78, 5) is 13.0. The van der Waals surface area contributed by atoms with Gasteiger partial charge < -0.3 is 15.4 Å². The SMILES string of the molecule is CCOc1ccc(C(F)(F)F)cc1NCC(=O)Nc1ccccc1SCC#N. The zero-order valence-corrected chi connectivity index (χ0v) is 15.8. The number of para-hydroxylation sites is 1. The van der Waals surface area contributed by atoms with Crippen molar-refractivity contribution >= 4 is 29.0 Å². The molecule has 0 saturated carbocycles. The van der Waals surface area contributed by atoms with Gasteiger partial charge in [0.2, 0.25) is 5.91 Å². The first kappa shape index (κ1) is 21.4. The van der Waals surface area contributed by atoms with Crippen LogP contribution in [0.2, 0.25) is 0 Å². The predicted molar refractivity (Wildman–Crippen MR) is 103 cm³/mol. The van der Waals surface area contributed by atoms with Crippen molar-refractivity contribution in [1.29, 1.82) is 5.26 Å². The zero-order valence-electron chi connectivity index (χ0n) is 15.0. The Morgan fingerprint density at radius 3 is 2.64 bits per heavy atom. The highest BCUT2D eigenvalue weighted by Gasteiger charge is 2.31. The van der Waals surface area contributed by atoms with E-state index in [1.807, 2.05) is 6.07 Å². The van der Waals surface area contributed by atoms with E-state index in [1.54, 1.807) is 31.2 Å². The smallest absolute Gasteiger partial charge is 0.416 e. The molecule has 28 heavy (non-hydrogen) atoms. The number of alkyl halides is 3. The van der Waals surface area contributed by atoms with Gasteiger partial charge in [-0.15, -0.1) is 11.8 Å². The van der Waals surface area contributed by atoms with Crippen LogP contribution in [0.15, 0.2) is 47.4 Å². The minimum atomic E-state index is -4.50. The molecule has 9 heteroatoms. The van der Waals surface area contributed by atoms with Crippen molar-refractivity contribution in [3.8, 4) is 11.8 Å². The van der Waals surface area contributed by atoms with Crippen molar-refractivity contribution in [3.05, 3.63) is 48.0 Å². The van der Waals surface area contributed by atoms with Gasteiger partial charge in [-0.3, -0.25) is 4.79 Å². The molecule has 0 aliphatic heterocycles. The number of benzene rings is 2. The molecule has 2 rings (SSSR count). The van der Waals surface area contributed by atoms with E-state index in [0.717, 1.165) is 17.0 Å². The van der Waals surface area contributed by atoms with Crippen molar-refractivity contribution in [2.24, 2.45) is 0 Å². The van der Waals surface area contributed by atoms with Gasteiger partial charge in [-0.25, -0.2) is 0 Å². The van der Waals surface area contributed by atoms with Crippen molar-refractivity contribution in [3.63, 3.8) is 0 Å². The lowest BCUT2D eigenvalue weighted by atomic mass is 10.1. The summed E-state index contributed by atoms with van der Waals surface area (Å²) in [5, 5.41) is 14.1. The molecule has 2 aromatic carbocycles. The van der Waals surface area contributed by atoms with Gasteiger partial charge in [0.05, 0.1) is 41.9 Å². The molecule has 0 aromatic heterocycles. The summed E-state index contributed by atoms with van der Waals surface area (Å²) in [6, 6.07) is 12.0. The molecule has 0 radical (unpaired) electrons. The van der Waals surface area contributed by atoms with E-state index in [0.29, 0.717) is 5.69 Å². The lowest BCUT2D eigenvalue weighted by Gasteiger charge is -2.15. The molecule has 0 atom stereocenters. The lowest BCUT2D eigenvalue weighted by Crippen LogP contribution is -2.22. The van der Waals surface area contributed by atoms with Crippen LogP contribution in [0.3, 0.4) is 0 Å². The van der Waals surface area contributed by atoms with E-state index in [2.05, 4.69) is 10.6 Å². The molecule has 1 amide bonds. The average molecular weight is 409 g/mol. The number of halogens is 3. The maximum Gasteiger partial charge on any atom is 0.416 e. The molecule has 5 nitrogen and oxygen atoms in total. The van der Waals surface area contributed by atoms with E-state index in [4.69, 9.17) is 10.00 Å². The monoisotopic (exact) mass is 409 g/mol. The van der Waals surface area contributed by atoms with E-state index >= 15 is 0 Å². The molecule has 0 unspecified atom stereocenters. The molecule has 2 aromatic rings. The predicted octanol–water partition coefficient (Wildman–Crippen LogP) is 4.77. The summed E-state index contributed by atoms with van der Waals surface area (Å²) in [7, 11) is 0. The highest BCUT2D eigenvalue weighted by atomic mass is 32.2. The van der Waals surface area contributed by atoms with Crippen LogP contribution in [0.5, 0.6) is 5.75 Å². The first-order chi connectivity index (χ1) is 13.3. The average Bonchev–Trinajstić information content (AvgIpc) is 2.66. The number of thioether (sulfide) groups is 1. The first-order valence-corrected chi connectivity index (χ1v) is 9.30. The minimum absolute atomic E-state index is 0.0824. The summed E-state index contributed by atoms with van der Waals surface area (Å²) < 4.78 is 44.2. The number of nitriles is 1. The number of nitrogens with zero attached hydrogens (tertiary/aromatic N) is 1. The molecule has 0 aliphatic carbocycles. The van der Waals surface area contributed by atoms with Crippen LogP contribution in [0.1, 0.15) is 12.5 Å². The molecule has 148 valence electrons. The summed E-state index contributed by atoms with van der Waals surface area (Å²) in [5.74, 6) is 0.0192. The second kappa shape index (κ2) is 9.90. The van der Waals surface area contributed by atoms with Crippen LogP contribution in [0.4, 0.5) is 24.5 Å². The number of carbonyl (C=O) groups is 1. The molecular weight excluding hydrogens is 391 g/mol. The standard InChI is InChI=1S/C19H18F3N3O2S/c1-2-27-16-8-7-13(19(20,21)22)11-15(16)24-12-18(26)25-14-5-3-4-6-17(14)28-10-9-23/h3-8,11,24H,2,10,12H2,1H3,(H,25,26). The highest BCUT2D eigenvalue weighted by Crippen LogP contribution is 2.35. The van der Waals surface area contributed by atoms with Crippen molar-refractivity contribution < 1.29 is 22.7 Å². The van der Waals surface area contributed by atoms with Crippen LogP contribution >= 0.6 is 11.8 Å². The summed E-state index contributed by atoms with van der Waals surface area (Å²) >= 11 is 1.28. The van der Waals surface area contributed by atoms with E-state index in [-0.39, 0.29) is 30.3 Å². The van der Waals surface area contributed by atoms with Crippen LogP contribution in [0.25, 0.3) is 0 Å². The number of rotatable bonds is 8. The Balaban J connectivity index is 2.09. The number of hydrogen-bond acceptors (Lipinski definition) is 5. The Morgan fingerprint density at radius 1 is 1.21 bits per heavy atom.